The van der Waals surface area contributed by atoms with Crippen LogP contribution in [0.25, 0.3) is 22.8 Å². The molecule has 0 aliphatic carbocycles. The van der Waals surface area contributed by atoms with E-state index in [1.54, 1.807) is 18.2 Å². The molecule has 0 bridgehead atoms. The summed E-state index contributed by atoms with van der Waals surface area (Å²) >= 11 is 19.6. The SMILES string of the molecule is CCn1c(SCc2nnc(-c3ccc(Cl)cc3Cl)o2)nnc1-c1ccc(Cl)cc1. The lowest BCUT2D eigenvalue weighted by molar-refractivity contribution is 0.528. The van der Waals surface area contributed by atoms with Crippen LogP contribution >= 0.6 is 46.6 Å². The van der Waals surface area contributed by atoms with Gasteiger partial charge in [0.15, 0.2) is 11.0 Å². The summed E-state index contributed by atoms with van der Waals surface area (Å²) in [5.41, 5.74) is 1.59. The van der Waals surface area contributed by atoms with Gasteiger partial charge in [-0.25, -0.2) is 0 Å². The van der Waals surface area contributed by atoms with Crippen LogP contribution in [0.3, 0.4) is 0 Å². The number of hydrogen-bond donors (Lipinski definition) is 0. The molecule has 2 aromatic carbocycles. The van der Waals surface area contributed by atoms with Gasteiger partial charge in [0.25, 0.3) is 0 Å². The zero-order valence-corrected chi connectivity index (χ0v) is 18.2. The van der Waals surface area contributed by atoms with Crippen molar-refractivity contribution in [3.63, 3.8) is 0 Å². The minimum absolute atomic E-state index is 0.348. The van der Waals surface area contributed by atoms with Gasteiger partial charge in [-0.1, -0.05) is 46.6 Å². The van der Waals surface area contributed by atoms with Crippen molar-refractivity contribution >= 4 is 46.6 Å². The highest BCUT2D eigenvalue weighted by molar-refractivity contribution is 7.98. The van der Waals surface area contributed by atoms with E-state index in [1.807, 2.05) is 35.8 Å². The van der Waals surface area contributed by atoms with Gasteiger partial charge in [-0.15, -0.1) is 20.4 Å². The molecule has 4 rings (SSSR count). The van der Waals surface area contributed by atoms with Crippen LogP contribution in [0.4, 0.5) is 0 Å². The van der Waals surface area contributed by atoms with Crippen LogP contribution in [0.15, 0.2) is 52.0 Å². The summed E-state index contributed by atoms with van der Waals surface area (Å²) in [7, 11) is 0. The number of hydrogen-bond acceptors (Lipinski definition) is 6. The van der Waals surface area contributed by atoms with Gasteiger partial charge in [0.1, 0.15) is 0 Å². The molecule has 0 fully saturated rings. The molecule has 0 aliphatic rings. The average Bonchev–Trinajstić information content (AvgIpc) is 3.33. The van der Waals surface area contributed by atoms with E-state index in [4.69, 9.17) is 39.2 Å². The first-order valence-corrected chi connectivity index (χ1v) is 10.8. The third-order valence-electron chi connectivity index (χ3n) is 4.09. The average molecular weight is 467 g/mol. The summed E-state index contributed by atoms with van der Waals surface area (Å²) < 4.78 is 7.78. The second-order valence-electron chi connectivity index (χ2n) is 5.97. The molecular formula is C19H14Cl3N5OS. The molecule has 0 aliphatic heterocycles. The lowest BCUT2D eigenvalue weighted by Gasteiger charge is -2.06. The predicted octanol–water partition coefficient (Wildman–Crippen LogP) is 6.27. The monoisotopic (exact) mass is 465 g/mol. The van der Waals surface area contributed by atoms with Gasteiger partial charge >= 0.3 is 0 Å². The predicted molar refractivity (Wildman–Crippen MR) is 115 cm³/mol. The van der Waals surface area contributed by atoms with E-state index in [1.165, 1.54) is 11.8 Å². The van der Waals surface area contributed by atoms with E-state index >= 15 is 0 Å². The summed E-state index contributed by atoms with van der Waals surface area (Å²) in [6.45, 7) is 2.77. The van der Waals surface area contributed by atoms with Crippen molar-refractivity contribution in [3.8, 4) is 22.8 Å². The summed E-state index contributed by atoms with van der Waals surface area (Å²) in [4.78, 5) is 0. The Labute approximate surface area is 186 Å². The van der Waals surface area contributed by atoms with Gasteiger partial charge in [0, 0.05) is 22.2 Å². The highest BCUT2D eigenvalue weighted by atomic mass is 35.5. The Morgan fingerprint density at radius 2 is 1.69 bits per heavy atom. The molecular weight excluding hydrogens is 453 g/mol. The van der Waals surface area contributed by atoms with Crippen LogP contribution in [0, 0.1) is 0 Å². The Kier molecular flexibility index (Phi) is 6.10. The topological polar surface area (TPSA) is 69.6 Å². The first kappa shape index (κ1) is 20.2. The summed E-state index contributed by atoms with van der Waals surface area (Å²) in [6, 6.07) is 12.6. The molecule has 10 heteroatoms. The van der Waals surface area contributed by atoms with Crippen LogP contribution in [-0.2, 0) is 12.3 Å². The second-order valence-corrected chi connectivity index (χ2v) is 8.19. The van der Waals surface area contributed by atoms with Crippen molar-refractivity contribution in [1.29, 1.82) is 0 Å². The Hall–Kier alpha value is -2.06. The lowest BCUT2D eigenvalue weighted by atomic mass is 10.2. The first-order valence-electron chi connectivity index (χ1n) is 8.65. The Balaban J connectivity index is 1.51. The largest absolute Gasteiger partial charge is 0.420 e. The molecule has 0 saturated carbocycles. The molecule has 2 heterocycles. The van der Waals surface area contributed by atoms with Crippen molar-refractivity contribution in [2.45, 2.75) is 24.4 Å². The Morgan fingerprint density at radius 3 is 2.41 bits per heavy atom. The number of rotatable bonds is 6. The van der Waals surface area contributed by atoms with Gasteiger partial charge in [-0.05, 0) is 49.4 Å². The molecule has 0 unspecified atom stereocenters. The standard InChI is InChI=1S/C19H14Cl3N5OS/c1-2-27-17(11-3-5-12(20)6-4-11)24-26-19(27)29-10-16-23-25-18(28-16)14-8-7-13(21)9-15(14)22/h3-9H,2,10H2,1H3. The van der Waals surface area contributed by atoms with E-state index in [9.17, 15) is 0 Å². The Morgan fingerprint density at radius 1 is 0.931 bits per heavy atom. The highest BCUT2D eigenvalue weighted by Gasteiger charge is 2.16. The van der Waals surface area contributed by atoms with Gasteiger partial charge < -0.3 is 8.98 Å². The van der Waals surface area contributed by atoms with Crippen molar-refractivity contribution in [2.24, 2.45) is 0 Å². The number of benzene rings is 2. The maximum Gasteiger partial charge on any atom is 0.249 e. The minimum Gasteiger partial charge on any atom is -0.420 e. The van der Waals surface area contributed by atoms with Gasteiger partial charge in [-0.2, -0.15) is 0 Å². The molecule has 0 atom stereocenters. The maximum atomic E-state index is 6.21. The number of aromatic nitrogens is 5. The molecule has 0 spiro atoms. The summed E-state index contributed by atoms with van der Waals surface area (Å²) in [6.07, 6.45) is 0. The van der Waals surface area contributed by atoms with Gasteiger partial charge in [-0.3, -0.25) is 0 Å². The van der Waals surface area contributed by atoms with E-state index in [-0.39, 0.29) is 0 Å². The molecule has 0 radical (unpaired) electrons. The maximum absolute atomic E-state index is 6.21. The van der Waals surface area contributed by atoms with E-state index < -0.39 is 0 Å². The zero-order valence-electron chi connectivity index (χ0n) is 15.1. The van der Waals surface area contributed by atoms with E-state index in [0.717, 1.165) is 23.1 Å². The molecule has 6 nitrogen and oxygen atoms in total. The fourth-order valence-electron chi connectivity index (χ4n) is 2.70. The summed E-state index contributed by atoms with van der Waals surface area (Å²) in [5.74, 6) is 2.05. The minimum atomic E-state index is 0.348. The fourth-order valence-corrected chi connectivity index (χ4v) is 4.16. The second kappa shape index (κ2) is 8.75. The molecule has 29 heavy (non-hydrogen) atoms. The summed E-state index contributed by atoms with van der Waals surface area (Å²) in [5, 5.41) is 19.3. The van der Waals surface area contributed by atoms with Crippen molar-refractivity contribution < 1.29 is 4.42 Å². The fraction of sp³-hybridized carbons (Fsp3) is 0.158. The van der Waals surface area contributed by atoms with Crippen LogP contribution in [0.1, 0.15) is 12.8 Å². The van der Waals surface area contributed by atoms with Crippen LogP contribution < -0.4 is 0 Å². The molecule has 0 N–H and O–H groups in total. The number of nitrogens with zero attached hydrogens (tertiary/aromatic N) is 5. The van der Waals surface area contributed by atoms with Crippen molar-refractivity contribution in [1.82, 2.24) is 25.0 Å². The molecule has 0 saturated heterocycles. The third-order valence-corrected chi connectivity index (χ3v) is 5.84. The normalized spacial score (nSPS) is 11.2. The van der Waals surface area contributed by atoms with Crippen molar-refractivity contribution in [3.05, 3.63) is 63.4 Å². The molecule has 2 aromatic heterocycles. The third kappa shape index (κ3) is 4.43. The van der Waals surface area contributed by atoms with Gasteiger partial charge in [0.2, 0.25) is 11.8 Å². The quantitative estimate of drug-likeness (QED) is 0.312. The molecule has 148 valence electrons. The smallest absolute Gasteiger partial charge is 0.249 e. The van der Waals surface area contributed by atoms with E-state index in [0.29, 0.717) is 38.2 Å². The van der Waals surface area contributed by atoms with Crippen molar-refractivity contribution in [2.75, 3.05) is 0 Å². The number of halogens is 3. The van der Waals surface area contributed by atoms with Gasteiger partial charge in [0.05, 0.1) is 16.3 Å². The zero-order chi connectivity index (χ0) is 20.4. The molecule has 4 aromatic rings. The van der Waals surface area contributed by atoms with Crippen LogP contribution in [0.5, 0.6) is 0 Å². The van der Waals surface area contributed by atoms with E-state index in [2.05, 4.69) is 20.4 Å². The van der Waals surface area contributed by atoms with Crippen LogP contribution in [0.2, 0.25) is 15.1 Å². The van der Waals surface area contributed by atoms with Crippen LogP contribution in [-0.4, -0.2) is 25.0 Å². The first-order chi connectivity index (χ1) is 14.0. The Bertz CT molecular complexity index is 1140. The molecule has 0 amide bonds. The lowest BCUT2D eigenvalue weighted by Crippen LogP contribution is -1.99. The number of thioether (sulfide) groups is 1. The highest BCUT2D eigenvalue weighted by Crippen LogP contribution is 2.31.